The Hall–Kier alpha value is -2.92. The smallest absolute Gasteiger partial charge is 0.162 e. The van der Waals surface area contributed by atoms with Crippen molar-refractivity contribution in [2.45, 2.75) is 13.2 Å². The minimum Gasteiger partial charge on any atom is -0.496 e. The highest BCUT2D eigenvalue weighted by atomic mass is 19.2. The second kappa shape index (κ2) is 7.97. The number of halogens is 2. The van der Waals surface area contributed by atoms with Crippen molar-refractivity contribution in [1.29, 1.82) is 0 Å². The maximum Gasteiger partial charge on any atom is 0.162 e. The molecule has 134 valence electrons. The Bertz CT molecular complexity index is 895. The van der Waals surface area contributed by atoms with Gasteiger partial charge in [0.05, 0.1) is 7.11 Å². The molecule has 0 fully saturated rings. The van der Waals surface area contributed by atoms with Crippen LogP contribution < -0.4 is 15.2 Å². The van der Waals surface area contributed by atoms with Gasteiger partial charge in [0.15, 0.2) is 11.6 Å². The van der Waals surface area contributed by atoms with Crippen LogP contribution in [0.2, 0.25) is 0 Å². The fourth-order valence-corrected chi connectivity index (χ4v) is 2.67. The summed E-state index contributed by atoms with van der Waals surface area (Å²) in [6.45, 7) is 0.903. The minimum atomic E-state index is -0.940. The van der Waals surface area contributed by atoms with Crippen LogP contribution in [0, 0.1) is 11.6 Å². The highest BCUT2D eigenvalue weighted by Crippen LogP contribution is 2.33. The first-order valence-corrected chi connectivity index (χ1v) is 8.15. The van der Waals surface area contributed by atoms with Gasteiger partial charge in [-0.3, -0.25) is 0 Å². The van der Waals surface area contributed by atoms with E-state index in [-0.39, 0.29) is 5.75 Å². The van der Waals surface area contributed by atoms with Crippen LogP contribution in [0.25, 0.3) is 11.1 Å². The lowest BCUT2D eigenvalue weighted by Gasteiger charge is -2.11. The summed E-state index contributed by atoms with van der Waals surface area (Å²) in [7, 11) is 1.42. The van der Waals surface area contributed by atoms with Crippen molar-refractivity contribution in [3.8, 4) is 22.6 Å². The Kier molecular flexibility index (Phi) is 5.49. The molecule has 0 saturated carbocycles. The first kappa shape index (κ1) is 17.9. The van der Waals surface area contributed by atoms with Crippen LogP contribution in [-0.4, -0.2) is 7.11 Å². The van der Waals surface area contributed by atoms with E-state index in [1.54, 1.807) is 24.3 Å². The summed E-state index contributed by atoms with van der Waals surface area (Å²) in [5, 5.41) is 0. The third-order valence-corrected chi connectivity index (χ3v) is 4.04. The van der Waals surface area contributed by atoms with Crippen LogP contribution in [-0.2, 0) is 13.2 Å². The molecule has 0 saturated heterocycles. The number of methoxy groups -OCH3 is 1. The Morgan fingerprint density at radius 1 is 0.885 bits per heavy atom. The average Bonchev–Trinajstić information content (AvgIpc) is 2.68. The van der Waals surface area contributed by atoms with Gasteiger partial charge in [-0.1, -0.05) is 36.4 Å². The van der Waals surface area contributed by atoms with Crippen LogP contribution in [0.15, 0.2) is 60.7 Å². The lowest BCUT2D eigenvalue weighted by atomic mass is 10.0. The molecule has 0 aliphatic heterocycles. The van der Waals surface area contributed by atoms with Crippen LogP contribution in [0.1, 0.15) is 11.1 Å². The number of rotatable bonds is 6. The molecule has 0 heterocycles. The average molecular weight is 355 g/mol. The van der Waals surface area contributed by atoms with Gasteiger partial charge in [0.2, 0.25) is 0 Å². The molecule has 0 atom stereocenters. The molecule has 0 aromatic heterocycles. The first-order chi connectivity index (χ1) is 12.6. The Balaban J connectivity index is 1.75. The van der Waals surface area contributed by atoms with E-state index < -0.39 is 11.6 Å². The van der Waals surface area contributed by atoms with E-state index in [1.807, 2.05) is 24.3 Å². The monoisotopic (exact) mass is 355 g/mol. The third kappa shape index (κ3) is 4.00. The van der Waals surface area contributed by atoms with Gasteiger partial charge in [0, 0.05) is 18.2 Å². The highest BCUT2D eigenvalue weighted by molar-refractivity contribution is 5.71. The zero-order valence-corrected chi connectivity index (χ0v) is 14.3. The molecular weight excluding hydrogens is 336 g/mol. The predicted octanol–water partition coefficient (Wildman–Crippen LogP) is 4.68. The van der Waals surface area contributed by atoms with Gasteiger partial charge >= 0.3 is 0 Å². The number of benzene rings is 3. The number of nitrogens with two attached hydrogens (primary N) is 1. The van der Waals surface area contributed by atoms with Crippen molar-refractivity contribution < 1.29 is 18.3 Å². The molecule has 0 bridgehead atoms. The molecule has 3 nitrogen and oxygen atoms in total. The minimum absolute atomic E-state index is 0.274. The van der Waals surface area contributed by atoms with E-state index in [2.05, 4.69) is 0 Å². The van der Waals surface area contributed by atoms with Gasteiger partial charge < -0.3 is 15.2 Å². The topological polar surface area (TPSA) is 44.5 Å². The highest BCUT2D eigenvalue weighted by Gasteiger charge is 2.12. The summed E-state index contributed by atoms with van der Waals surface area (Å²) in [6.07, 6.45) is 0. The van der Waals surface area contributed by atoms with Crippen molar-refractivity contribution in [1.82, 2.24) is 0 Å². The van der Waals surface area contributed by atoms with Crippen molar-refractivity contribution in [3.05, 3.63) is 83.4 Å². The molecule has 5 heteroatoms. The molecule has 0 aliphatic rings. The second-order valence-corrected chi connectivity index (χ2v) is 5.80. The molecule has 0 spiro atoms. The molecule has 2 N–H and O–H groups in total. The van der Waals surface area contributed by atoms with Crippen molar-refractivity contribution in [2.75, 3.05) is 7.11 Å². The molecule has 0 unspecified atom stereocenters. The van der Waals surface area contributed by atoms with Gasteiger partial charge in [-0.05, 0) is 34.9 Å². The van der Waals surface area contributed by atoms with Gasteiger partial charge in [-0.25, -0.2) is 8.78 Å². The normalized spacial score (nSPS) is 10.6. The first-order valence-electron chi connectivity index (χ1n) is 8.15. The molecule has 0 aliphatic carbocycles. The molecule has 3 aromatic rings. The predicted molar refractivity (Wildman–Crippen MR) is 97.0 cm³/mol. The third-order valence-electron chi connectivity index (χ3n) is 4.04. The van der Waals surface area contributed by atoms with Crippen molar-refractivity contribution >= 4 is 0 Å². The van der Waals surface area contributed by atoms with Crippen LogP contribution in [0.4, 0.5) is 8.78 Å². The van der Waals surface area contributed by atoms with E-state index in [0.29, 0.717) is 30.0 Å². The van der Waals surface area contributed by atoms with E-state index in [4.69, 9.17) is 15.2 Å². The maximum atomic E-state index is 13.6. The largest absolute Gasteiger partial charge is 0.496 e. The molecule has 0 radical (unpaired) electrons. The molecule has 0 amide bonds. The van der Waals surface area contributed by atoms with Gasteiger partial charge in [0.1, 0.15) is 18.1 Å². The molecule has 3 rings (SSSR count). The summed E-state index contributed by atoms with van der Waals surface area (Å²) in [5.74, 6) is -0.907. The van der Waals surface area contributed by atoms with Crippen molar-refractivity contribution in [3.63, 3.8) is 0 Å². The summed E-state index contributed by atoms with van der Waals surface area (Å²) in [4.78, 5) is 0. The summed E-state index contributed by atoms with van der Waals surface area (Å²) in [5.41, 5.74) is 8.90. The summed E-state index contributed by atoms with van der Waals surface area (Å²) >= 11 is 0. The molecule has 26 heavy (non-hydrogen) atoms. The van der Waals surface area contributed by atoms with Gasteiger partial charge in [-0.2, -0.15) is 0 Å². The van der Waals surface area contributed by atoms with Crippen LogP contribution in [0.5, 0.6) is 11.5 Å². The van der Waals surface area contributed by atoms with E-state index >= 15 is 0 Å². The second-order valence-electron chi connectivity index (χ2n) is 5.80. The standard InChI is InChI=1S/C21H19F2NO2/c1-25-21-11-20(23)19(22)10-18(21)16-5-7-17(8-6-16)26-13-15-4-2-3-14(9-15)12-24/h2-11H,12-13,24H2,1H3. The van der Waals surface area contributed by atoms with Gasteiger partial charge in [0.25, 0.3) is 0 Å². The number of hydrogen-bond acceptors (Lipinski definition) is 3. The molecular formula is C21H19F2NO2. The van der Waals surface area contributed by atoms with Crippen LogP contribution in [0.3, 0.4) is 0 Å². The fourth-order valence-electron chi connectivity index (χ4n) is 2.67. The maximum absolute atomic E-state index is 13.6. The lowest BCUT2D eigenvalue weighted by Crippen LogP contribution is -2.00. The van der Waals surface area contributed by atoms with Gasteiger partial charge in [-0.15, -0.1) is 0 Å². The van der Waals surface area contributed by atoms with E-state index in [1.165, 1.54) is 7.11 Å². The number of ether oxygens (including phenoxy) is 2. The SMILES string of the molecule is COc1cc(F)c(F)cc1-c1ccc(OCc2cccc(CN)c2)cc1. The Labute approximate surface area is 151 Å². The van der Waals surface area contributed by atoms with E-state index in [0.717, 1.165) is 23.3 Å². The molecule has 3 aromatic carbocycles. The lowest BCUT2D eigenvalue weighted by molar-refractivity contribution is 0.306. The Morgan fingerprint density at radius 2 is 1.58 bits per heavy atom. The summed E-state index contributed by atoms with van der Waals surface area (Å²) in [6, 6.07) is 17.2. The summed E-state index contributed by atoms with van der Waals surface area (Å²) < 4.78 is 37.8. The fraction of sp³-hybridized carbons (Fsp3) is 0.143. The number of hydrogen-bond donors (Lipinski definition) is 1. The van der Waals surface area contributed by atoms with E-state index in [9.17, 15) is 8.78 Å². The zero-order chi connectivity index (χ0) is 18.5. The Morgan fingerprint density at radius 3 is 2.27 bits per heavy atom. The van der Waals surface area contributed by atoms with Crippen LogP contribution >= 0.6 is 0 Å². The van der Waals surface area contributed by atoms with Crippen molar-refractivity contribution in [2.24, 2.45) is 5.73 Å². The quantitative estimate of drug-likeness (QED) is 0.698. The zero-order valence-electron chi connectivity index (χ0n) is 14.3.